The summed E-state index contributed by atoms with van der Waals surface area (Å²) in [5, 5.41) is 6.10. The van der Waals surface area contributed by atoms with Gasteiger partial charge in [0.25, 0.3) is 0 Å². The molecule has 8 nitrogen and oxygen atoms in total. The number of fused-ring (bicyclic) bond motifs is 1. The molecule has 0 atom stereocenters. The summed E-state index contributed by atoms with van der Waals surface area (Å²) in [5.74, 6) is 1.58. The molecule has 1 saturated heterocycles. The first-order valence-electron chi connectivity index (χ1n) is 13.4. The summed E-state index contributed by atoms with van der Waals surface area (Å²) in [5.41, 5.74) is 0.982. The molecule has 0 bridgehead atoms. The predicted molar refractivity (Wildman–Crippen MR) is 169 cm³/mol. The molecule has 0 radical (unpaired) electrons. The molecule has 4 aromatic heterocycles. The average Bonchev–Trinajstić information content (AvgIpc) is 3.66. The number of carbonyl (C=O) groups excluding carboxylic acids is 1. The Morgan fingerprint density at radius 1 is 1.07 bits per heavy atom. The second-order valence-corrected chi connectivity index (χ2v) is 14.0. The van der Waals surface area contributed by atoms with Gasteiger partial charge in [-0.05, 0) is 74.8 Å². The molecule has 1 aliphatic heterocycles. The summed E-state index contributed by atoms with van der Waals surface area (Å²) in [6.45, 7) is 1.86. The molecular weight excluding hydrogens is 610 g/mol. The largest absolute Gasteiger partial charge is 0.342 e. The molecular formula is C29H28FN7OS4. The number of nitrogens with one attached hydrogen (secondary N) is 1. The van der Waals surface area contributed by atoms with E-state index in [2.05, 4.69) is 20.7 Å². The van der Waals surface area contributed by atoms with Gasteiger partial charge in [0.1, 0.15) is 17.5 Å². The number of benzene rings is 1. The summed E-state index contributed by atoms with van der Waals surface area (Å²) >= 11 is 6.14. The lowest BCUT2D eigenvalue weighted by Gasteiger charge is -2.31. The Labute approximate surface area is 260 Å². The molecule has 1 aromatic carbocycles. The fourth-order valence-corrected chi connectivity index (χ4v) is 8.17. The van der Waals surface area contributed by atoms with E-state index < -0.39 is 0 Å². The van der Waals surface area contributed by atoms with Crippen LogP contribution in [0.25, 0.3) is 10.2 Å². The number of aromatic nitrogens is 4. The number of nitrogens with zero attached hydrogens (tertiary/aromatic N) is 6. The van der Waals surface area contributed by atoms with E-state index in [1.165, 1.54) is 35.4 Å². The van der Waals surface area contributed by atoms with Gasteiger partial charge >= 0.3 is 0 Å². The van der Waals surface area contributed by atoms with Crippen LogP contribution in [0.4, 0.5) is 15.3 Å². The van der Waals surface area contributed by atoms with Gasteiger partial charge in [0.15, 0.2) is 0 Å². The van der Waals surface area contributed by atoms with Gasteiger partial charge in [0, 0.05) is 57.6 Å². The maximum Gasteiger partial charge on any atom is 0.236 e. The summed E-state index contributed by atoms with van der Waals surface area (Å²) < 4.78 is 19.4. The summed E-state index contributed by atoms with van der Waals surface area (Å²) in [4.78, 5) is 34.2. The predicted octanol–water partition coefficient (Wildman–Crippen LogP) is 7.00. The van der Waals surface area contributed by atoms with Gasteiger partial charge in [0.05, 0.1) is 21.7 Å². The first-order chi connectivity index (χ1) is 20.4. The molecule has 42 heavy (non-hydrogen) atoms. The number of carbonyl (C=O) groups is 1. The van der Waals surface area contributed by atoms with Crippen LogP contribution in [0.5, 0.6) is 0 Å². The van der Waals surface area contributed by atoms with E-state index in [0.717, 1.165) is 48.5 Å². The molecule has 0 spiro atoms. The standard InChI is InChI=1S/C29H28FN7OS4/c1-36(2)17-25(38)37-12-8-18(9-13-37)27-33-29(42-35-27)34-28-24(40-20-5-3-19(30)4-6-20)15-21(16-32-28)41-23-7-11-31-22-10-14-39-26(22)23/h3-7,10-11,14-16,18H,8-9,12-13,17H2,1-2H3,(H,32,33,34,35). The van der Waals surface area contributed by atoms with Crippen LogP contribution in [0.2, 0.25) is 0 Å². The maximum absolute atomic E-state index is 13.6. The van der Waals surface area contributed by atoms with Gasteiger partial charge in [-0.25, -0.2) is 14.4 Å². The molecule has 1 aliphatic rings. The molecule has 1 amide bonds. The maximum atomic E-state index is 13.6. The molecule has 1 fully saturated rings. The highest BCUT2D eigenvalue weighted by Gasteiger charge is 2.26. The van der Waals surface area contributed by atoms with E-state index >= 15 is 0 Å². The van der Waals surface area contributed by atoms with Crippen molar-refractivity contribution in [3.05, 3.63) is 71.9 Å². The molecule has 216 valence electrons. The number of halogens is 1. The van der Waals surface area contributed by atoms with Gasteiger partial charge in [-0.3, -0.25) is 9.78 Å². The third kappa shape index (κ3) is 6.92. The molecule has 6 rings (SSSR count). The van der Waals surface area contributed by atoms with Gasteiger partial charge < -0.3 is 15.1 Å². The smallest absolute Gasteiger partial charge is 0.236 e. The molecule has 0 unspecified atom stereocenters. The zero-order valence-corrected chi connectivity index (χ0v) is 26.3. The molecule has 5 aromatic rings. The van der Waals surface area contributed by atoms with Crippen molar-refractivity contribution in [2.75, 3.05) is 39.0 Å². The van der Waals surface area contributed by atoms with Crippen LogP contribution in [0.15, 0.2) is 79.8 Å². The van der Waals surface area contributed by atoms with E-state index in [4.69, 9.17) is 9.97 Å². The number of likely N-dealkylation sites (tertiary alicyclic amines) is 1. The van der Waals surface area contributed by atoms with Crippen LogP contribution >= 0.6 is 46.4 Å². The van der Waals surface area contributed by atoms with Gasteiger partial charge in [0.2, 0.25) is 11.0 Å². The zero-order valence-electron chi connectivity index (χ0n) is 23.0. The van der Waals surface area contributed by atoms with E-state index in [1.807, 2.05) is 53.8 Å². The van der Waals surface area contributed by atoms with E-state index in [9.17, 15) is 9.18 Å². The first kappa shape index (κ1) is 29.0. The topological polar surface area (TPSA) is 87.1 Å². The lowest BCUT2D eigenvalue weighted by molar-refractivity contribution is -0.132. The Morgan fingerprint density at radius 3 is 2.64 bits per heavy atom. The number of thiophene rings is 1. The SMILES string of the molecule is CN(C)CC(=O)N1CCC(c2nsc(Nc3ncc(Sc4ccnc5ccsc45)cc3Sc3ccc(F)cc3)n2)CC1. The second-order valence-electron chi connectivity index (χ2n) is 10.1. The van der Waals surface area contributed by atoms with Crippen LogP contribution < -0.4 is 5.32 Å². The van der Waals surface area contributed by atoms with Crippen LogP contribution in [-0.4, -0.2) is 68.8 Å². The second kappa shape index (κ2) is 13.0. The summed E-state index contributed by atoms with van der Waals surface area (Å²) in [7, 11) is 3.82. The Kier molecular flexibility index (Phi) is 9.00. The van der Waals surface area contributed by atoms with Crippen LogP contribution in [-0.2, 0) is 4.79 Å². The molecule has 13 heteroatoms. The fourth-order valence-electron chi connectivity index (χ4n) is 4.65. The third-order valence-corrected chi connectivity index (χ3v) is 10.5. The van der Waals surface area contributed by atoms with Crippen LogP contribution in [0.1, 0.15) is 24.6 Å². The van der Waals surface area contributed by atoms with Crippen molar-refractivity contribution in [3.8, 4) is 0 Å². The number of hydrogen-bond donors (Lipinski definition) is 1. The lowest BCUT2D eigenvalue weighted by atomic mass is 9.96. The molecule has 5 heterocycles. The first-order valence-corrected chi connectivity index (χ1v) is 16.7. The van der Waals surface area contributed by atoms with Crippen molar-refractivity contribution in [1.82, 2.24) is 29.1 Å². The number of likely N-dealkylation sites (N-methyl/N-ethyl adjacent to an activating group) is 1. The van der Waals surface area contributed by atoms with E-state index in [-0.39, 0.29) is 17.6 Å². The minimum atomic E-state index is -0.271. The lowest BCUT2D eigenvalue weighted by Crippen LogP contribution is -2.42. The minimum absolute atomic E-state index is 0.162. The van der Waals surface area contributed by atoms with E-state index in [0.29, 0.717) is 30.6 Å². The van der Waals surface area contributed by atoms with Crippen LogP contribution in [0.3, 0.4) is 0 Å². The number of rotatable bonds is 9. The number of anilines is 2. The highest BCUT2D eigenvalue weighted by molar-refractivity contribution is 8.00. The number of pyridine rings is 2. The average molecular weight is 638 g/mol. The molecule has 0 aliphatic carbocycles. The number of piperidine rings is 1. The summed E-state index contributed by atoms with van der Waals surface area (Å²) in [6.07, 6.45) is 5.37. The number of hydrogen-bond acceptors (Lipinski definition) is 11. The van der Waals surface area contributed by atoms with Crippen molar-refractivity contribution < 1.29 is 9.18 Å². The summed E-state index contributed by atoms with van der Waals surface area (Å²) in [6, 6.07) is 12.6. The molecule has 1 N–H and O–H groups in total. The van der Waals surface area contributed by atoms with Crippen molar-refractivity contribution in [2.24, 2.45) is 0 Å². The van der Waals surface area contributed by atoms with Gasteiger partial charge in [-0.15, -0.1) is 11.3 Å². The van der Waals surface area contributed by atoms with Gasteiger partial charge in [-0.2, -0.15) is 4.37 Å². The molecule has 0 saturated carbocycles. The quantitative estimate of drug-likeness (QED) is 0.184. The van der Waals surface area contributed by atoms with Crippen LogP contribution in [0, 0.1) is 5.82 Å². The zero-order chi connectivity index (χ0) is 29.1. The Balaban J connectivity index is 1.19. The normalized spacial score (nSPS) is 14.1. The van der Waals surface area contributed by atoms with Crippen molar-refractivity contribution in [1.29, 1.82) is 0 Å². The van der Waals surface area contributed by atoms with Crippen molar-refractivity contribution >= 4 is 73.5 Å². The van der Waals surface area contributed by atoms with Crippen molar-refractivity contribution in [2.45, 2.75) is 38.3 Å². The Morgan fingerprint density at radius 2 is 1.86 bits per heavy atom. The number of amides is 1. The van der Waals surface area contributed by atoms with Gasteiger partial charge in [-0.1, -0.05) is 23.5 Å². The fraction of sp³-hybridized carbons (Fsp3) is 0.276. The Bertz CT molecular complexity index is 1680. The van der Waals surface area contributed by atoms with E-state index in [1.54, 1.807) is 35.2 Å². The monoisotopic (exact) mass is 637 g/mol. The highest BCUT2D eigenvalue weighted by Crippen LogP contribution is 2.40. The third-order valence-electron chi connectivity index (χ3n) is 6.74. The minimum Gasteiger partial charge on any atom is -0.342 e. The Hall–Kier alpha value is -3.10. The highest BCUT2D eigenvalue weighted by atomic mass is 32.2. The van der Waals surface area contributed by atoms with Crippen molar-refractivity contribution in [3.63, 3.8) is 0 Å².